The summed E-state index contributed by atoms with van der Waals surface area (Å²) >= 11 is 1.66. The van der Waals surface area contributed by atoms with Crippen molar-refractivity contribution in [2.24, 2.45) is 7.05 Å². The van der Waals surface area contributed by atoms with E-state index in [1.54, 1.807) is 35.5 Å². The Balaban J connectivity index is 1.49. The van der Waals surface area contributed by atoms with Crippen molar-refractivity contribution in [1.29, 1.82) is 0 Å². The van der Waals surface area contributed by atoms with Gasteiger partial charge in [0.05, 0.1) is 24.3 Å². The maximum atomic E-state index is 12.6. The highest BCUT2D eigenvalue weighted by atomic mass is 32.1. The minimum absolute atomic E-state index is 0.0330. The number of imidazole rings is 1. The Morgan fingerprint density at radius 1 is 1.24 bits per heavy atom. The van der Waals surface area contributed by atoms with Crippen molar-refractivity contribution in [3.8, 4) is 5.75 Å². The van der Waals surface area contributed by atoms with Crippen LogP contribution < -0.4 is 9.64 Å². The molecule has 0 radical (unpaired) electrons. The predicted octanol–water partition coefficient (Wildman–Crippen LogP) is 2.00. The van der Waals surface area contributed by atoms with Crippen LogP contribution in [0.2, 0.25) is 0 Å². The summed E-state index contributed by atoms with van der Waals surface area (Å²) in [5.74, 6) is 0.829. The average Bonchev–Trinajstić information content (AvgIpc) is 3.27. The number of rotatable bonds is 3. The van der Waals surface area contributed by atoms with Gasteiger partial charge in [0.15, 0.2) is 5.13 Å². The quantitative estimate of drug-likeness (QED) is 0.717. The highest BCUT2D eigenvalue weighted by molar-refractivity contribution is 7.22. The van der Waals surface area contributed by atoms with Crippen molar-refractivity contribution in [1.82, 2.24) is 19.4 Å². The molecular weight excluding hydrogens is 338 g/mol. The lowest BCUT2D eigenvalue weighted by atomic mass is 10.3. The van der Waals surface area contributed by atoms with Crippen LogP contribution >= 0.6 is 11.3 Å². The van der Waals surface area contributed by atoms with Crippen molar-refractivity contribution < 1.29 is 9.53 Å². The molecule has 0 bridgehead atoms. The maximum absolute atomic E-state index is 12.6. The Kier molecular flexibility index (Phi) is 4.04. The summed E-state index contributed by atoms with van der Waals surface area (Å²) < 4.78 is 8.27. The van der Waals surface area contributed by atoms with E-state index in [9.17, 15) is 4.79 Å². The first-order valence-corrected chi connectivity index (χ1v) is 8.93. The molecule has 2 aromatic heterocycles. The van der Waals surface area contributed by atoms with Gasteiger partial charge in [0.2, 0.25) is 0 Å². The lowest BCUT2D eigenvalue weighted by Gasteiger charge is -2.34. The highest BCUT2D eigenvalue weighted by Gasteiger charge is 2.25. The van der Waals surface area contributed by atoms with Crippen molar-refractivity contribution >= 4 is 32.6 Å². The smallest absolute Gasteiger partial charge is 0.272 e. The fraction of sp³-hybridized carbons (Fsp3) is 0.353. The summed E-state index contributed by atoms with van der Waals surface area (Å²) in [6, 6.07) is 5.96. The van der Waals surface area contributed by atoms with Gasteiger partial charge in [-0.1, -0.05) is 17.4 Å². The fourth-order valence-corrected chi connectivity index (χ4v) is 4.07. The molecule has 1 aliphatic heterocycles. The van der Waals surface area contributed by atoms with Gasteiger partial charge in [0.25, 0.3) is 5.91 Å². The van der Waals surface area contributed by atoms with E-state index in [0.717, 1.165) is 34.2 Å². The van der Waals surface area contributed by atoms with Crippen molar-refractivity contribution in [3.63, 3.8) is 0 Å². The maximum Gasteiger partial charge on any atom is 0.272 e. The second-order valence-electron chi connectivity index (χ2n) is 5.97. The SMILES string of the molecule is COc1cccc2sc(N3CCN(C(=O)c4cncn4C)CC3)nc12. The summed E-state index contributed by atoms with van der Waals surface area (Å²) in [6.07, 6.45) is 3.27. The summed E-state index contributed by atoms with van der Waals surface area (Å²) in [4.78, 5) is 25.4. The number of hydrogen-bond donors (Lipinski definition) is 0. The van der Waals surface area contributed by atoms with Crippen LogP contribution in [0.5, 0.6) is 5.75 Å². The fourth-order valence-electron chi connectivity index (χ4n) is 3.04. The van der Waals surface area contributed by atoms with Crippen molar-refractivity contribution in [2.45, 2.75) is 0 Å². The van der Waals surface area contributed by atoms with E-state index in [1.165, 1.54) is 0 Å². The number of benzene rings is 1. The molecule has 3 heterocycles. The van der Waals surface area contributed by atoms with E-state index in [-0.39, 0.29) is 5.91 Å². The number of nitrogens with zero attached hydrogens (tertiary/aromatic N) is 5. The molecule has 4 rings (SSSR count). The van der Waals surface area contributed by atoms with Gasteiger partial charge in [0.1, 0.15) is 17.0 Å². The molecule has 0 spiro atoms. The van der Waals surface area contributed by atoms with Crippen LogP contribution in [0.4, 0.5) is 5.13 Å². The Hall–Kier alpha value is -2.61. The molecule has 7 nitrogen and oxygen atoms in total. The molecule has 1 saturated heterocycles. The van der Waals surface area contributed by atoms with E-state index >= 15 is 0 Å². The number of thiazole rings is 1. The number of piperazine rings is 1. The minimum Gasteiger partial charge on any atom is -0.494 e. The molecule has 0 unspecified atom stereocenters. The van der Waals surface area contributed by atoms with Gasteiger partial charge >= 0.3 is 0 Å². The number of methoxy groups -OCH3 is 1. The Morgan fingerprint density at radius 2 is 2.04 bits per heavy atom. The number of aryl methyl sites for hydroxylation is 1. The molecule has 0 aliphatic carbocycles. The number of aromatic nitrogens is 3. The molecule has 1 amide bonds. The lowest BCUT2D eigenvalue weighted by Crippen LogP contribution is -2.49. The van der Waals surface area contributed by atoms with Gasteiger partial charge < -0.3 is 19.1 Å². The molecule has 130 valence electrons. The molecule has 1 aliphatic rings. The van der Waals surface area contributed by atoms with Crippen LogP contribution in [-0.2, 0) is 7.05 Å². The van der Waals surface area contributed by atoms with Crippen LogP contribution in [0.3, 0.4) is 0 Å². The van der Waals surface area contributed by atoms with Crippen LogP contribution in [0.1, 0.15) is 10.5 Å². The summed E-state index contributed by atoms with van der Waals surface area (Å²) in [7, 11) is 3.50. The van der Waals surface area contributed by atoms with Gasteiger partial charge in [-0.15, -0.1) is 0 Å². The molecule has 0 atom stereocenters. The third-order valence-electron chi connectivity index (χ3n) is 4.46. The van der Waals surface area contributed by atoms with E-state index < -0.39 is 0 Å². The van der Waals surface area contributed by atoms with Gasteiger partial charge in [-0.3, -0.25) is 4.79 Å². The number of carbonyl (C=O) groups excluding carboxylic acids is 1. The molecular formula is C17H19N5O2S. The number of amides is 1. The molecule has 1 fully saturated rings. The Morgan fingerprint density at radius 3 is 2.72 bits per heavy atom. The number of fused-ring (bicyclic) bond motifs is 1. The first-order valence-electron chi connectivity index (χ1n) is 8.11. The van der Waals surface area contributed by atoms with Crippen LogP contribution in [0.25, 0.3) is 10.2 Å². The average molecular weight is 357 g/mol. The van der Waals surface area contributed by atoms with E-state index in [1.807, 2.05) is 24.1 Å². The molecule has 25 heavy (non-hydrogen) atoms. The largest absolute Gasteiger partial charge is 0.494 e. The normalized spacial score (nSPS) is 15.0. The number of carbonyl (C=O) groups is 1. The summed E-state index contributed by atoms with van der Waals surface area (Å²) in [5, 5.41) is 0.979. The monoisotopic (exact) mass is 357 g/mol. The van der Waals surface area contributed by atoms with Crippen molar-refractivity contribution in [2.75, 3.05) is 38.2 Å². The van der Waals surface area contributed by atoms with Gasteiger partial charge in [-0.25, -0.2) is 9.97 Å². The zero-order valence-corrected chi connectivity index (χ0v) is 15.0. The summed E-state index contributed by atoms with van der Waals surface area (Å²) in [5.41, 5.74) is 1.52. The van der Waals surface area contributed by atoms with Crippen molar-refractivity contribution in [3.05, 3.63) is 36.4 Å². The Labute approximate surface area is 149 Å². The number of para-hydroxylation sites is 1. The number of anilines is 1. The van der Waals surface area contributed by atoms with Crippen LogP contribution in [-0.4, -0.2) is 58.6 Å². The second-order valence-corrected chi connectivity index (χ2v) is 6.98. The third-order valence-corrected chi connectivity index (χ3v) is 5.55. The molecule has 1 aromatic carbocycles. The highest BCUT2D eigenvalue weighted by Crippen LogP contribution is 2.34. The molecule has 8 heteroatoms. The van der Waals surface area contributed by atoms with Gasteiger partial charge in [-0.2, -0.15) is 0 Å². The second kappa shape index (κ2) is 6.36. The minimum atomic E-state index is 0.0330. The van der Waals surface area contributed by atoms with E-state index in [2.05, 4.69) is 16.0 Å². The van der Waals surface area contributed by atoms with E-state index in [4.69, 9.17) is 9.72 Å². The number of ether oxygens (including phenoxy) is 1. The van der Waals surface area contributed by atoms with Gasteiger partial charge in [-0.05, 0) is 12.1 Å². The van der Waals surface area contributed by atoms with Crippen LogP contribution in [0, 0.1) is 0 Å². The topological polar surface area (TPSA) is 63.5 Å². The lowest BCUT2D eigenvalue weighted by molar-refractivity contribution is 0.0737. The molecule has 3 aromatic rings. The van der Waals surface area contributed by atoms with E-state index in [0.29, 0.717) is 18.8 Å². The molecule has 0 saturated carbocycles. The Bertz CT molecular complexity index is 911. The zero-order chi connectivity index (χ0) is 17.4. The standard InChI is InChI=1S/C17H19N5O2S/c1-20-11-18-10-12(20)16(23)21-6-8-22(9-7-21)17-19-15-13(24-2)4-3-5-14(15)25-17/h3-5,10-11H,6-9H2,1-2H3. The predicted molar refractivity (Wildman–Crippen MR) is 97.5 cm³/mol. The number of hydrogen-bond acceptors (Lipinski definition) is 6. The first kappa shape index (κ1) is 15.9. The first-order chi connectivity index (χ1) is 12.2. The van der Waals surface area contributed by atoms with Crippen LogP contribution in [0.15, 0.2) is 30.7 Å². The molecule has 0 N–H and O–H groups in total. The zero-order valence-electron chi connectivity index (χ0n) is 14.2. The summed E-state index contributed by atoms with van der Waals surface area (Å²) in [6.45, 7) is 2.89. The third kappa shape index (κ3) is 2.82. The van der Waals surface area contributed by atoms with Gasteiger partial charge in [0, 0.05) is 33.2 Å².